The Morgan fingerprint density at radius 1 is 1.17 bits per heavy atom. The fourth-order valence-electron chi connectivity index (χ4n) is 1.45. The lowest BCUT2D eigenvalue weighted by Crippen LogP contribution is -2.56. The third-order valence-electron chi connectivity index (χ3n) is 2.44. The van der Waals surface area contributed by atoms with E-state index in [1.807, 2.05) is 0 Å². The lowest BCUT2D eigenvalue weighted by atomic mass is 10.2. The summed E-state index contributed by atoms with van der Waals surface area (Å²) in [6.45, 7) is -1.41. The van der Waals surface area contributed by atoms with Crippen molar-refractivity contribution in [2.75, 3.05) is 26.2 Å². The number of alkyl halides is 4. The Bertz CT molecular complexity index is 420. The molecule has 1 aliphatic rings. The van der Waals surface area contributed by atoms with Gasteiger partial charge in [-0.2, -0.15) is 21.5 Å². The molecule has 106 valence electrons. The van der Waals surface area contributed by atoms with E-state index in [0.29, 0.717) is 4.90 Å². The van der Waals surface area contributed by atoms with E-state index in [4.69, 9.17) is 5.14 Å². The Hall–Kier alpha value is -0.940. The topological polar surface area (TPSA) is 83.7 Å². The zero-order valence-electron chi connectivity index (χ0n) is 9.02. The Morgan fingerprint density at radius 3 is 1.94 bits per heavy atom. The van der Waals surface area contributed by atoms with Gasteiger partial charge in [0.1, 0.15) is 0 Å². The average Bonchev–Trinajstić information content (AvgIpc) is 2.26. The van der Waals surface area contributed by atoms with E-state index in [2.05, 4.69) is 0 Å². The highest BCUT2D eigenvalue weighted by Crippen LogP contribution is 2.26. The summed E-state index contributed by atoms with van der Waals surface area (Å²) < 4.78 is 72.0. The van der Waals surface area contributed by atoms with Gasteiger partial charge in [0.25, 0.3) is 16.1 Å². The number of nitrogens with two attached hydrogens (primary N) is 1. The van der Waals surface area contributed by atoms with Gasteiger partial charge in [-0.05, 0) is 0 Å². The zero-order chi connectivity index (χ0) is 14.1. The third kappa shape index (κ3) is 3.09. The van der Waals surface area contributed by atoms with Crippen LogP contribution in [0.4, 0.5) is 17.6 Å². The van der Waals surface area contributed by atoms with Crippen molar-refractivity contribution in [2.24, 2.45) is 5.14 Å². The van der Waals surface area contributed by atoms with Crippen LogP contribution in [0.1, 0.15) is 0 Å². The van der Waals surface area contributed by atoms with Crippen molar-refractivity contribution in [3.63, 3.8) is 0 Å². The molecule has 0 aromatic carbocycles. The molecule has 6 nitrogen and oxygen atoms in total. The van der Waals surface area contributed by atoms with Crippen LogP contribution in [0.15, 0.2) is 0 Å². The second-order valence-electron chi connectivity index (χ2n) is 3.66. The molecule has 0 spiro atoms. The molecule has 18 heavy (non-hydrogen) atoms. The quantitative estimate of drug-likeness (QED) is 0.694. The van der Waals surface area contributed by atoms with E-state index in [1.165, 1.54) is 0 Å². The van der Waals surface area contributed by atoms with Gasteiger partial charge in [0.05, 0.1) is 0 Å². The normalized spacial score (nSPS) is 19.3. The Kier molecular flexibility index (Phi) is 4.18. The summed E-state index contributed by atoms with van der Waals surface area (Å²) >= 11 is 0. The van der Waals surface area contributed by atoms with Gasteiger partial charge in [-0.1, -0.05) is 0 Å². The maximum atomic E-state index is 12.8. The molecule has 1 amide bonds. The second-order valence-corrected chi connectivity index (χ2v) is 5.21. The van der Waals surface area contributed by atoms with Crippen molar-refractivity contribution in [1.29, 1.82) is 0 Å². The maximum Gasteiger partial charge on any atom is 0.383 e. The summed E-state index contributed by atoms with van der Waals surface area (Å²) in [6, 6.07) is 0. The molecule has 1 fully saturated rings. The van der Waals surface area contributed by atoms with Gasteiger partial charge >= 0.3 is 12.3 Å². The fraction of sp³-hybridized carbons (Fsp3) is 0.857. The molecule has 0 radical (unpaired) electrons. The van der Waals surface area contributed by atoms with E-state index in [9.17, 15) is 30.8 Å². The van der Waals surface area contributed by atoms with Crippen molar-refractivity contribution in [1.82, 2.24) is 9.21 Å². The molecule has 1 saturated heterocycles. The molecule has 0 aliphatic carbocycles. The number of nitrogens with zero attached hydrogens (tertiary/aromatic N) is 2. The smallest absolute Gasteiger partial charge is 0.335 e. The number of carbonyl (C=O) groups is 1. The minimum atomic E-state index is -4.76. The molecule has 0 atom stereocenters. The van der Waals surface area contributed by atoms with Crippen LogP contribution in [0.2, 0.25) is 0 Å². The molecule has 1 aliphatic heterocycles. The van der Waals surface area contributed by atoms with Gasteiger partial charge in [-0.3, -0.25) is 4.79 Å². The van der Waals surface area contributed by atoms with Crippen molar-refractivity contribution >= 4 is 16.1 Å². The molecule has 0 saturated carbocycles. The summed E-state index contributed by atoms with van der Waals surface area (Å²) in [6.07, 6.45) is -4.10. The third-order valence-corrected chi connectivity index (χ3v) is 3.53. The number of amides is 1. The molecule has 0 aromatic heterocycles. The van der Waals surface area contributed by atoms with Gasteiger partial charge in [-0.25, -0.2) is 13.9 Å². The van der Waals surface area contributed by atoms with E-state index in [0.717, 1.165) is 4.31 Å². The van der Waals surface area contributed by atoms with Crippen LogP contribution in [-0.4, -0.2) is 62.1 Å². The molecule has 1 heterocycles. The number of piperazine rings is 1. The lowest BCUT2D eigenvalue weighted by Gasteiger charge is -2.34. The van der Waals surface area contributed by atoms with Crippen LogP contribution >= 0.6 is 0 Å². The molecular formula is C7H11F4N3O3S. The molecule has 1 rings (SSSR count). The number of hydrogen-bond donors (Lipinski definition) is 1. The minimum Gasteiger partial charge on any atom is -0.335 e. The first kappa shape index (κ1) is 15.1. The molecule has 11 heteroatoms. The molecule has 0 bridgehead atoms. The molecule has 0 unspecified atom stereocenters. The van der Waals surface area contributed by atoms with Gasteiger partial charge in [0, 0.05) is 26.2 Å². The van der Waals surface area contributed by atoms with Crippen LogP contribution in [0.5, 0.6) is 0 Å². The van der Waals surface area contributed by atoms with Crippen LogP contribution in [0, 0.1) is 0 Å². The highest BCUT2D eigenvalue weighted by molar-refractivity contribution is 7.86. The number of rotatable bonds is 3. The van der Waals surface area contributed by atoms with Crippen molar-refractivity contribution in [3.8, 4) is 0 Å². The highest BCUT2D eigenvalue weighted by atomic mass is 32.2. The summed E-state index contributed by atoms with van der Waals surface area (Å²) in [5.41, 5.74) is 0. The van der Waals surface area contributed by atoms with E-state index < -0.39 is 41.6 Å². The number of halogens is 4. The SMILES string of the molecule is NS(=O)(=O)N1CCN(C(=O)C(F)(F)C(F)F)CC1. The summed E-state index contributed by atoms with van der Waals surface area (Å²) in [7, 11) is -3.97. The first-order chi connectivity index (χ1) is 8.06. The van der Waals surface area contributed by atoms with Crippen LogP contribution in [0.3, 0.4) is 0 Å². The highest BCUT2D eigenvalue weighted by Gasteiger charge is 2.51. The largest absolute Gasteiger partial charge is 0.383 e. The van der Waals surface area contributed by atoms with E-state index in [-0.39, 0.29) is 13.1 Å². The monoisotopic (exact) mass is 293 g/mol. The number of carbonyl (C=O) groups excluding carboxylic acids is 1. The van der Waals surface area contributed by atoms with Crippen molar-refractivity contribution < 1.29 is 30.8 Å². The fourth-order valence-corrected chi connectivity index (χ4v) is 2.12. The van der Waals surface area contributed by atoms with Crippen LogP contribution < -0.4 is 5.14 Å². The maximum absolute atomic E-state index is 12.8. The summed E-state index contributed by atoms with van der Waals surface area (Å²) in [5, 5.41) is 4.79. The van der Waals surface area contributed by atoms with Crippen LogP contribution in [0.25, 0.3) is 0 Å². The summed E-state index contributed by atoms with van der Waals surface area (Å²) in [4.78, 5) is 11.6. The standard InChI is InChI=1S/C7H11F4N3O3S/c8-5(9)7(10,11)6(15)13-1-3-14(4-2-13)18(12,16)17/h5H,1-4H2,(H2,12,16,17). The first-order valence-corrected chi connectivity index (χ1v) is 6.30. The minimum absolute atomic E-state index is 0.302. The van der Waals surface area contributed by atoms with Crippen molar-refractivity contribution in [2.45, 2.75) is 12.3 Å². The molecule has 2 N–H and O–H groups in total. The Morgan fingerprint density at radius 2 is 1.61 bits per heavy atom. The molecular weight excluding hydrogens is 282 g/mol. The van der Waals surface area contributed by atoms with E-state index in [1.54, 1.807) is 0 Å². The molecule has 0 aromatic rings. The Balaban J connectivity index is 2.67. The predicted molar refractivity (Wildman–Crippen MR) is 52.2 cm³/mol. The zero-order valence-corrected chi connectivity index (χ0v) is 9.84. The average molecular weight is 293 g/mol. The second kappa shape index (κ2) is 4.97. The van der Waals surface area contributed by atoms with Gasteiger partial charge in [0.15, 0.2) is 0 Å². The predicted octanol–water partition coefficient (Wildman–Crippen LogP) is -0.765. The van der Waals surface area contributed by atoms with Gasteiger partial charge in [-0.15, -0.1) is 0 Å². The van der Waals surface area contributed by atoms with Gasteiger partial charge in [0.2, 0.25) is 0 Å². The van der Waals surface area contributed by atoms with E-state index >= 15 is 0 Å². The van der Waals surface area contributed by atoms with Gasteiger partial charge < -0.3 is 4.90 Å². The lowest BCUT2D eigenvalue weighted by molar-refractivity contribution is -0.181. The Labute approximate surface area is 101 Å². The number of hydrogen-bond acceptors (Lipinski definition) is 3. The summed E-state index contributed by atoms with van der Waals surface area (Å²) in [5.74, 6) is -6.77. The van der Waals surface area contributed by atoms with Crippen LogP contribution in [-0.2, 0) is 15.0 Å². The first-order valence-electron chi connectivity index (χ1n) is 4.80. The van der Waals surface area contributed by atoms with Crippen molar-refractivity contribution in [3.05, 3.63) is 0 Å².